The molecule has 3 heterocycles. The highest BCUT2D eigenvalue weighted by Gasteiger charge is 2.35. The summed E-state index contributed by atoms with van der Waals surface area (Å²) in [5, 5.41) is 9.63. The van der Waals surface area contributed by atoms with Crippen LogP contribution in [0, 0.1) is 18.8 Å². The van der Waals surface area contributed by atoms with Gasteiger partial charge in [-0.2, -0.15) is 0 Å². The molecule has 6 rings (SSSR count). The number of amides is 2. The maximum atomic E-state index is 14.4. The van der Waals surface area contributed by atoms with Crippen LogP contribution in [0.1, 0.15) is 100 Å². The van der Waals surface area contributed by atoms with Crippen molar-refractivity contribution in [2.45, 2.75) is 102 Å². The minimum Gasteiger partial charge on any atom is -0.495 e. The quantitative estimate of drug-likeness (QED) is 0.241. The first kappa shape index (κ1) is 33.9. The number of aromatic nitrogens is 3. The molecule has 11 heteroatoms. The molecule has 1 N–H and O–H groups in total. The van der Waals surface area contributed by atoms with Crippen molar-refractivity contribution in [2.24, 2.45) is 11.8 Å². The van der Waals surface area contributed by atoms with E-state index in [-0.39, 0.29) is 24.5 Å². The highest BCUT2D eigenvalue weighted by molar-refractivity contribution is 5.94. The lowest BCUT2D eigenvalue weighted by atomic mass is 9.79. The summed E-state index contributed by atoms with van der Waals surface area (Å²) in [6.45, 7) is 4.43. The molecular weight excluding hydrogens is 610 g/mol. The Labute approximate surface area is 283 Å². The summed E-state index contributed by atoms with van der Waals surface area (Å²) in [5.41, 5.74) is 3.67. The Morgan fingerprint density at radius 2 is 1.73 bits per heavy atom. The van der Waals surface area contributed by atoms with Gasteiger partial charge in [-0.05, 0) is 108 Å². The van der Waals surface area contributed by atoms with Crippen LogP contribution < -0.4 is 9.64 Å². The second-order valence-corrected chi connectivity index (χ2v) is 14.0. The summed E-state index contributed by atoms with van der Waals surface area (Å²) < 4.78 is 16.9. The topological polar surface area (TPSA) is 131 Å². The van der Waals surface area contributed by atoms with E-state index >= 15 is 0 Å². The van der Waals surface area contributed by atoms with Gasteiger partial charge in [-0.3, -0.25) is 14.7 Å². The average molecular weight is 660 g/mol. The van der Waals surface area contributed by atoms with Crippen molar-refractivity contribution < 1.29 is 28.6 Å². The third kappa shape index (κ3) is 8.17. The van der Waals surface area contributed by atoms with Crippen LogP contribution in [0.3, 0.4) is 0 Å². The maximum Gasteiger partial charge on any atom is 0.409 e. The van der Waals surface area contributed by atoms with E-state index in [1.807, 2.05) is 30.0 Å². The molecule has 0 spiro atoms. The van der Waals surface area contributed by atoms with Crippen molar-refractivity contribution in [3.8, 4) is 17.0 Å². The van der Waals surface area contributed by atoms with E-state index in [2.05, 4.69) is 6.07 Å². The monoisotopic (exact) mass is 659 g/mol. The highest BCUT2D eigenvalue weighted by atomic mass is 16.6. The summed E-state index contributed by atoms with van der Waals surface area (Å²) in [4.78, 5) is 44.4. The van der Waals surface area contributed by atoms with E-state index in [1.54, 1.807) is 33.5 Å². The Kier molecular flexibility index (Phi) is 10.6. The number of rotatable bonds is 11. The van der Waals surface area contributed by atoms with Gasteiger partial charge in [0, 0.05) is 55.3 Å². The number of anilines is 1. The van der Waals surface area contributed by atoms with E-state index in [0.717, 1.165) is 72.8 Å². The van der Waals surface area contributed by atoms with Gasteiger partial charge in [0.2, 0.25) is 5.91 Å². The van der Waals surface area contributed by atoms with Gasteiger partial charge in [-0.15, -0.1) is 0 Å². The van der Waals surface area contributed by atoms with Crippen molar-refractivity contribution in [1.82, 2.24) is 19.9 Å². The maximum absolute atomic E-state index is 14.4. The number of hydrogen-bond donors (Lipinski definition) is 1. The molecule has 0 unspecified atom stereocenters. The first-order valence-corrected chi connectivity index (χ1v) is 17.5. The summed E-state index contributed by atoms with van der Waals surface area (Å²) >= 11 is 0. The SMILES string of the molecule is COc1ccc([C@H]2CC[C@H](CN(c3cc(-c4coc(C5CC5)n4)ccn3)C(=O)[C@H]3CC[C@H](OC(=O)N(C)C[C@@H](C)O)CC3)CC2)nc1C. The molecule has 3 saturated carbocycles. The lowest BCUT2D eigenvalue weighted by Gasteiger charge is -2.35. The van der Waals surface area contributed by atoms with E-state index < -0.39 is 12.2 Å². The summed E-state index contributed by atoms with van der Waals surface area (Å²) in [6.07, 6.45) is 10.9. The number of ether oxygens (including phenoxy) is 2. The van der Waals surface area contributed by atoms with Crippen LogP contribution in [-0.2, 0) is 9.53 Å². The molecule has 3 aromatic rings. The van der Waals surface area contributed by atoms with Gasteiger partial charge in [0.05, 0.1) is 18.9 Å². The lowest BCUT2D eigenvalue weighted by molar-refractivity contribution is -0.124. The Morgan fingerprint density at radius 1 is 1.00 bits per heavy atom. The number of nitrogens with zero attached hydrogens (tertiary/aromatic N) is 5. The van der Waals surface area contributed by atoms with Crippen LogP contribution in [-0.4, -0.2) is 76.4 Å². The predicted molar refractivity (Wildman–Crippen MR) is 181 cm³/mol. The third-order valence-electron chi connectivity index (χ3n) is 10.2. The number of aliphatic hydroxyl groups excluding tert-OH is 1. The number of aliphatic hydroxyl groups is 1. The second kappa shape index (κ2) is 15.1. The Hall–Kier alpha value is -3.99. The minimum atomic E-state index is -0.628. The first-order chi connectivity index (χ1) is 23.2. The van der Waals surface area contributed by atoms with E-state index in [1.165, 1.54) is 4.90 Å². The molecule has 0 saturated heterocycles. The number of carbonyl (C=O) groups is 2. The molecule has 3 aliphatic carbocycles. The Morgan fingerprint density at radius 3 is 2.40 bits per heavy atom. The molecule has 0 aliphatic heterocycles. The molecule has 3 aromatic heterocycles. The normalized spacial score (nSPS) is 23.3. The molecule has 1 atom stereocenters. The zero-order chi connectivity index (χ0) is 33.8. The van der Waals surface area contributed by atoms with Crippen molar-refractivity contribution in [3.05, 3.63) is 54.0 Å². The molecule has 48 heavy (non-hydrogen) atoms. The van der Waals surface area contributed by atoms with E-state index in [4.69, 9.17) is 28.8 Å². The third-order valence-corrected chi connectivity index (χ3v) is 10.2. The van der Waals surface area contributed by atoms with Crippen molar-refractivity contribution >= 4 is 17.8 Å². The number of carbonyl (C=O) groups excluding carboxylic acids is 2. The van der Waals surface area contributed by atoms with Crippen LogP contribution in [0.25, 0.3) is 11.3 Å². The average Bonchev–Trinajstić information content (AvgIpc) is 3.83. The first-order valence-electron chi connectivity index (χ1n) is 17.5. The fourth-order valence-electron chi connectivity index (χ4n) is 7.22. The number of oxazole rings is 1. The zero-order valence-corrected chi connectivity index (χ0v) is 28.6. The van der Waals surface area contributed by atoms with E-state index in [9.17, 15) is 14.7 Å². The summed E-state index contributed by atoms with van der Waals surface area (Å²) in [5.74, 6) is 3.26. The Bertz CT molecular complexity index is 1560. The Balaban J connectivity index is 1.14. The largest absolute Gasteiger partial charge is 0.495 e. The van der Waals surface area contributed by atoms with Gasteiger partial charge in [0.1, 0.15) is 29.6 Å². The predicted octanol–water partition coefficient (Wildman–Crippen LogP) is 6.64. The molecule has 0 bridgehead atoms. The number of likely N-dealkylation sites (N-methyl/N-ethyl adjacent to an activating group) is 1. The van der Waals surface area contributed by atoms with Crippen LogP contribution in [0.15, 0.2) is 41.1 Å². The van der Waals surface area contributed by atoms with Crippen molar-refractivity contribution in [3.63, 3.8) is 0 Å². The van der Waals surface area contributed by atoms with Gasteiger partial charge in [0.15, 0.2) is 5.89 Å². The van der Waals surface area contributed by atoms with Gasteiger partial charge >= 0.3 is 6.09 Å². The highest BCUT2D eigenvalue weighted by Crippen LogP contribution is 2.41. The van der Waals surface area contributed by atoms with Crippen molar-refractivity contribution in [1.29, 1.82) is 0 Å². The minimum absolute atomic E-state index is 0.0732. The van der Waals surface area contributed by atoms with Crippen molar-refractivity contribution in [2.75, 3.05) is 32.1 Å². The molecule has 3 aliphatic rings. The van der Waals surface area contributed by atoms with Crippen LogP contribution in [0.2, 0.25) is 0 Å². The standard InChI is InChI=1S/C37H49N5O6/c1-23(43)20-41(3)37(45)48-30-13-11-28(12-14-30)36(44)42(34-19-29(17-18-38-34)32-22-47-35(40-32)27-9-10-27)21-25-5-7-26(8-6-25)31-15-16-33(46-4)24(2)39-31/h15-19,22-23,25-28,30,43H,5-14,20-21H2,1-4H3/t23-,25-,26-,28-,30-/m1/s1. The number of pyridine rings is 2. The van der Waals surface area contributed by atoms with Crippen LogP contribution in [0.5, 0.6) is 5.75 Å². The molecular formula is C37H49N5O6. The van der Waals surface area contributed by atoms with Gasteiger partial charge < -0.3 is 23.9 Å². The second-order valence-electron chi connectivity index (χ2n) is 14.0. The molecule has 3 fully saturated rings. The molecule has 2 amide bonds. The molecule has 258 valence electrons. The summed E-state index contributed by atoms with van der Waals surface area (Å²) in [7, 11) is 3.29. The van der Waals surface area contributed by atoms with E-state index in [0.29, 0.717) is 55.8 Å². The summed E-state index contributed by atoms with van der Waals surface area (Å²) in [6, 6.07) is 7.98. The van der Waals surface area contributed by atoms with Crippen LogP contribution >= 0.6 is 0 Å². The fraction of sp³-hybridized carbons (Fsp3) is 0.595. The molecule has 11 nitrogen and oxygen atoms in total. The zero-order valence-electron chi connectivity index (χ0n) is 28.6. The fourth-order valence-corrected chi connectivity index (χ4v) is 7.22. The molecule has 0 aromatic carbocycles. The molecule has 0 radical (unpaired) electrons. The van der Waals surface area contributed by atoms with Crippen LogP contribution in [0.4, 0.5) is 10.6 Å². The smallest absolute Gasteiger partial charge is 0.409 e. The van der Waals surface area contributed by atoms with Gasteiger partial charge in [0.25, 0.3) is 0 Å². The lowest BCUT2D eigenvalue weighted by Crippen LogP contribution is -2.43. The number of methoxy groups -OCH3 is 1. The van der Waals surface area contributed by atoms with Gasteiger partial charge in [-0.25, -0.2) is 14.8 Å². The van der Waals surface area contributed by atoms with Gasteiger partial charge in [-0.1, -0.05) is 0 Å². The number of hydrogen-bond acceptors (Lipinski definition) is 9. The number of aryl methyl sites for hydroxylation is 1.